The van der Waals surface area contributed by atoms with Crippen molar-refractivity contribution in [1.82, 2.24) is 15.5 Å². The highest BCUT2D eigenvalue weighted by atomic mass is 16.6. The summed E-state index contributed by atoms with van der Waals surface area (Å²) in [7, 11) is -1.70. The third-order valence-electron chi connectivity index (χ3n) is 5.06. The lowest BCUT2D eigenvalue weighted by molar-refractivity contribution is -0.385. The summed E-state index contributed by atoms with van der Waals surface area (Å²) >= 11 is 0. The summed E-state index contributed by atoms with van der Waals surface area (Å²) in [6.07, 6.45) is 0.406. The van der Waals surface area contributed by atoms with Gasteiger partial charge in [-0.15, -0.1) is 0 Å². The first kappa shape index (κ1) is 22.3. The van der Waals surface area contributed by atoms with Crippen molar-refractivity contribution in [2.45, 2.75) is 25.4 Å². The topological polar surface area (TPSA) is 145 Å². The molecule has 3 rings (SSSR count). The zero-order valence-electron chi connectivity index (χ0n) is 16.7. The van der Waals surface area contributed by atoms with Gasteiger partial charge in [0.05, 0.1) is 11.4 Å². The average Bonchev–Trinajstić information content (AvgIpc) is 2.76. The summed E-state index contributed by atoms with van der Waals surface area (Å²) < 4.78 is 0. The van der Waals surface area contributed by atoms with E-state index in [1.54, 1.807) is 6.07 Å². The third-order valence-corrected chi connectivity index (χ3v) is 5.06. The fourth-order valence-corrected chi connectivity index (χ4v) is 3.44. The van der Waals surface area contributed by atoms with Crippen LogP contribution in [0.5, 0.6) is 0 Å². The molecule has 2 aromatic rings. The molecule has 0 aromatic heterocycles. The summed E-state index contributed by atoms with van der Waals surface area (Å²) in [5.74, 6) is -0.543. The largest absolute Gasteiger partial charge is 0.472 e. The molecule has 3 amide bonds. The molecule has 31 heavy (non-hydrogen) atoms. The molecule has 10 nitrogen and oxygen atoms in total. The Balaban J connectivity index is 1.71. The molecule has 2 aromatic carbocycles. The Morgan fingerprint density at radius 1 is 1.16 bits per heavy atom. The van der Waals surface area contributed by atoms with Gasteiger partial charge in [0, 0.05) is 31.6 Å². The zero-order chi connectivity index (χ0) is 22.4. The number of fused-ring (bicyclic) bond motifs is 1. The summed E-state index contributed by atoms with van der Waals surface area (Å²) in [5.41, 5.74) is 2.44. The second kappa shape index (κ2) is 10.0. The number of carbonyl (C=O) groups excluding carboxylic acids is 2. The molecule has 0 radical (unpaired) electrons. The lowest BCUT2D eigenvalue weighted by atomic mass is 9.92. The van der Waals surface area contributed by atoms with Crippen LogP contribution in [0.4, 0.5) is 10.5 Å². The van der Waals surface area contributed by atoms with Crippen molar-refractivity contribution in [1.29, 1.82) is 0 Å². The van der Waals surface area contributed by atoms with Crippen molar-refractivity contribution in [2.75, 3.05) is 13.0 Å². The highest BCUT2D eigenvalue weighted by Crippen LogP contribution is 2.24. The molecule has 0 saturated heterocycles. The van der Waals surface area contributed by atoms with Crippen LogP contribution in [0.3, 0.4) is 0 Å². The van der Waals surface area contributed by atoms with Gasteiger partial charge < -0.3 is 25.6 Å². The van der Waals surface area contributed by atoms with Gasteiger partial charge in [-0.1, -0.05) is 36.4 Å². The molecule has 1 atom stereocenters. The van der Waals surface area contributed by atoms with Crippen molar-refractivity contribution >= 4 is 24.7 Å². The number of nitro benzene ring substituents is 1. The second-order valence-corrected chi connectivity index (χ2v) is 7.30. The molecule has 11 heteroatoms. The van der Waals surface area contributed by atoms with Crippen LogP contribution in [0.25, 0.3) is 0 Å². The van der Waals surface area contributed by atoms with E-state index in [1.165, 1.54) is 17.0 Å². The van der Waals surface area contributed by atoms with Crippen molar-refractivity contribution in [2.24, 2.45) is 0 Å². The van der Waals surface area contributed by atoms with E-state index < -0.39 is 30.0 Å². The number of urea groups is 1. The molecule has 1 aliphatic heterocycles. The van der Waals surface area contributed by atoms with Crippen LogP contribution in [0.1, 0.15) is 16.7 Å². The first-order valence-electron chi connectivity index (χ1n) is 9.83. The smallest absolute Gasteiger partial charge is 0.426 e. The molecule has 162 valence electrons. The van der Waals surface area contributed by atoms with Gasteiger partial charge >= 0.3 is 13.1 Å². The fraction of sp³-hybridized carbons (Fsp3) is 0.300. The molecule has 1 heterocycles. The minimum absolute atomic E-state index is 0.0371. The molecular formula is C20H23BN4O6. The van der Waals surface area contributed by atoms with Crippen LogP contribution in [0.15, 0.2) is 48.5 Å². The predicted octanol–water partition coefficient (Wildman–Crippen LogP) is 0.402. The third kappa shape index (κ3) is 6.03. The Kier molecular flexibility index (Phi) is 7.21. The van der Waals surface area contributed by atoms with Crippen molar-refractivity contribution in [3.63, 3.8) is 0 Å². The average molecular weight is 426 g/mol. The van der Waals surface area contributed by atoms with Gasteiger partial charge in [-0.25, -0.2) is 4.79 Å². The molecule has 1 unspecified atom stereocenters. The fourth-order valence-electron chi connectivity index (χ4n) is 3.44. The summed E-state index contributed by atoms with van der Waals surface area (Å²) in [4.78, 5) is 37.5. The van der Waals surface area contributed by atoms with E-state index in [-0.39, 0.29) is 25.1 Å². The van der Waals surface area contributed by atoms with Gasteiger partial charge in [-0.3, -0.25) is 14.9 Å². The number of nitrogens with one attached hydrogen (secondary N) is 2. The molecule has 1 aliphatic rings. The Morgan fingerprint density at radius 3 is 2.58 bits per heavy atom. The number of nitrogens with zero attached hydrogens (tertiary/aromatic N) is 2. The van der Waals surface area contributed by atoms with E-state index in [0.717, 1.165) is 11.1 Å². The van der Waals surface area contributed by atoms with Gasteiger partial charge in [0.15, 0.2) is 0 Å². The van der Waals surface area contributed by atoms with Gasteiger partial charge in [0.1, 0.15) is 6.04 Å². The Labute approximate surface area is 179 Å². The number of amides is 3. The lowest BCUT2D eigenvalue weighted by Gasteiger charge is -2.30. The number of non-ortho nitro benzene ring substituents is 1. The Hall–Kier alpha value is -3.44. The highest BCUT2D eigenvalue weighted by molar-refractivity contribution is 6.41. The molecule has 0 aliphatic carbocycles. The normalized spacial score (nSPS) is 13.7. The number of hydrogen-bond donors (Lipinski definition) is 4. The standard InChI is InChI=1S/C20H23BN4O6/c26-19(22-13-21(28)29)18(10-14-4-2-1-3-5-14)23-20(27)24-9-8-15-6-7-17(25(30)31)11-16(15)12-24/h1-7,11,18,28-29H,8-10,12-13H2,(H,22,26)(H,23,27). The van der Waals surface area contributed by atoms with Crippen LogP contribution in [0, 0.1) is 10.1 Å². The monoisotopic (exact) mass is 426 g/mol. The van der Waals surface area contributed by atoms with E-state index in [9.17, 15) is 19.7 Å². The summed E-state index contributed by atoms with van der Waals surface area (Å²) in [6.45, 7) is 0.601. The maximum atomic E-state index is 12.9. The minimum atomic E-state index is -1.70. The van der Waals surface area contributed by atoms with Crippen LogP contribution in [-0.2, 0) is 24.2 Å². The van der Waals surface area contributed by atoms with Crippen molar-refractivity contribution in [3.05, 3.63) is 75.3 Å². The van der Waals surface area contributed by atoms with E-state index in [4.69, 9.17) is 10.0 Å². The van der Waals surface area contributed by atoms with Crippen LogP contribution in [0.2, 0.25) is 0 Å². The van der Waals surface area contributed by atoms with Gasteiger partial charge in [-0.05, 0) is 23.1 Å². The van der Waals surface area contributed by atoms with Crippen LogP contribution >= 0.6 is 0 Å². The number of nitro groups is 1. The number of benzene rings is 2. The first-order valence-corrected chi connectivity index (χ1v) is 9.83. The van der Waals surface area contributed by atoms with Crippen LogP contribution < -0.4 is 10.6 Å². The van der Waals surface area contributed by atoms with E-state index in [2.05, 4.69) is 10.6 Å². The zero-order valence-corrected chi connectivity index (χ0v) is 16.7. The lowest BCUT2D eigenvalue weighted by Crippen LogP contribution is -2.54. The maximum absolute atomic E-state index is 12.9. The molecule has 0 bridgehead atoms. The number of carbonyl (C=O) groups is 2. The minimum Gasteiger partial charge on any atom is -0.426 e. The van der Waals surface area contributed by atoms with Crippen molar-refractivity contribution < 1.29 is 24.6 Å². The van der Waals surface area contributed by atoms with Gasteiger partial charge in [0.25, 0.3) is 5.69 Å². The summed E-state index contributed by atoms with van der Waals surface area (Å²) in [5, 5.41) is 34.2. The first-order chi connectivity index (χ1) is 14.8. The SMILES string of the molecule is O=C(NCB(O)O)C(Cc1ccccc1)NC(=O)N1CCc2ccc([N+](=O)[O-])cc2C1. The number of rotatable bonds is 7. The molecule has 0 saturated carbocycles. The second-order valence-electron chi connectivity index (χ2n) is 7.30. The summed E-state index contributed by atoms with van der Waals surface area (Å²) in [6, 6.07) is 12.3. The van der Waals surface area contributed by atoms with E-state index >= 15 is 0 Å². The Morgan fingerprint density at radius 2 is 1.90 bits per heavy atom. The predicted molar refractivity (Wildman–Crippen MR) is 113 cm³/mol. The maximum Gasteiger partial charge on any atom is 0.472 e. The van der Waals surface area contributed by atoms with E-state index in [0.29, 0.717) is 18.5 Å². The van der Waals surface area contributed by atoms with Crippen LogP contribution in [-0.4, -0.2) is 58.0 Å². The molecule has 0 spiro atoms. The van der Waals surface area contributed by atoms with Gasteiger partial charge in [-0.2, -0.15) is 0 Å². The Bertz CT molecular complexity index is 956. The highest BCUT2D eigenvalue weighted by Gasteiger charge is 2.27. The molecule has 0 fully saturated rings. The van der Waals surface area contributed by atoms with E-state index in [1.807, 2.05) is 30.3 Å². The van der Waals surface area contributed by atoms with Gasteiger partial charge in [0.2, 0.25) is 5.91 Å². The van der Waals surface area contributed by atoms with Crippen molar-refractivity contribution in [3.8, 4) is 0 Å². The molecular weight excluding hydrogens is 403 g/mol. The molecule has 4 N–H and O–H groups in total. The quantitative estimate of drug-likeness (QED) is 0.287. The number of hydrogen-bond acceptors (Lipinski definition) is 6.